The van der Waals surface area contributed by atoms with E-state index < -0.39 is 0 Å². The molecule has 0 saturated carbocycles. The van der Waals surface area contributed by atoms with E-state index in [-0.39, 0.29) is 6.04 Å². The minimum Gasteiger partial charge on any atom is -0.490 e. The second-order valence-electron chi connectivity index (χ2n) is 5.15. The fraction of sp³-hybridized carbons (Fsp3) is 0.571. The first-order chi connectivity index (χ1) is 8.68. The fourth-order valence-corrected chi connectivity index (χ4v) is 3.71. The quantitative estimate of drug-likeness (QED) is 0.797. The summed E-state index contributed by atoms with van der Waals surface area (Å²) in [7, 11) is 0. The van der Waals surface area contributed by atoms with Gasteiger partial charge in [-0.2, -0.15) is 0 Å². The molecule has 0 fully saturated rings. The molecule has 4 heteroatoms. The van der Waals surface area contributed by atoms with Crippen molar-refractivity contribution in [3.63, 3.8) is 0 Å². The van der Waals surface area contributed by atoms with E-state index in [4.69, 9.17) is 15.2 Å². The number of hydrogen-bond acceptors (Lipinski definition) is 3. The van der Waals surface area contributed by atoms with Crippen LogP contribution in [0.15, 0.2) is 10.5 Å². The lowest BCUT2D eigenvalue weighted by molar-refractivity contribution is 0.294. The number of nitrogens with two attached hydrogens (primary N) is 1. The minimum absolute atomic E-state index is 0.0594. The Labute approximate surface area is 116 Å². The molecule has 0 saturated heterocycles. The molecule has 0 spiro atoms. The van der Waals surface area contributed by atoms with Crippen molar-refractivity contribution in [2.75, 3.05) is 13.2 Å². The predicted molar refractivity (Wildman–Crippen MR) is 74.3 cm³/mol. The van der Waals surface area contributed by atoms with Crippen LogP contribution in [0.3, 0.4) is 0 Å². The Hall–Kier alpha value is -0.740. The molecule has 1 aromatic carbocycles. The molecule has 0 aromatic heterocycles. The molecule has 98 valence electrons. The van der Waals surface area contributed by atoms with Crippen molar-refractivity contribution in [2.45, 2.75) is 38.1 Å². The first kappa shape index (κ1) is 12.3. The third-order valence-corrected chi connectivity index (χ3v) is 4.50. The fourth-order valence-electron chi connectivity index (χ4n) is 2.90. The van der Waals surface area contributed by atoms with Gasteiger partial charge in [0.15, 0.2) is 11.5 Å². The SMILES string of the molecule is CC1CCC(N)c2c3c(cc(Br)c21)OCCCO3. The molecule has 3 rings (SSSR count). The third-order valence-electron chi connectivity index (χ3n) is 3.84. The number of rotatable bonds is 0. The van der Waals surface area contributed by atoms with Crippen LogP contribution in [0.1, 0.15) is 49.3 Å². The third kappa shape index (κ3) is 1.91. The Morgan fingerprint density at radius 1 is 1.22 bits per heavy atom. The smallest absolute Gasteiger partial charge is 0.166 e. The van der Waals surface area contributed by atoms with Crippen molar-refractivity contribution in [2.24, 2.45) is 5.73 Å². The summed E-state index contributed by atoms with van der Waals surface area (Å²) < 4.78 is 12.8. The van der Waals surface area contributed by atoms with Crippen LogP contribution in [-0.2, 0) is 0 Å². The lowest BCUT2D eigenvalue weighted by atomic mass is 9.80. The van der Waals surface area contributed by atoms with E-state index >= 15 is 0 Å². The Kier molecular flexibility index (Phi) is 3.24. The zero-order valence-electron chi connectivity index (χ0n) is 10.5. The van der Waals surface area contributed by atoms with Gasteiger partial charge in [0.25, 0.3) is 0 Å². The Morgan fingerprint density at radius 2 is 2.00 bits per heavy atom. The van der Waals surface area contributed by atoms with Gasteiger partial charge < -0.3 is 15.2 Å². The van der Waals surface area contributed by atoms with Gasteiger partial charge >= 0.3 is 0 Å². The van der Waals surface area contributed by atoms with Crippen molar-refractivity contribution < 1.29 is 9.47 Å². The predicted octanol–water partition coefficient (Wildman–Crippen LogP) is 3.51. The van der Waals surface area contributed by atoms with E-state index in [0.717, 1.165) is 40.8 Å². The van der Waals surface area contributed by atoms with Crippen LogP contribution in [0.2, 0.25) is 0 Å². The zero-order valence-corrected chi connectivity index (χ0v) is 12.1. The molecular weight excluding hydrogens is 294 g/mol. The molecule has 3 nitrogen and oxygen atoms in total. The molecular formula is C14H18BrNO2. The van der Waals surface area contributed by atoms with Crippen molar-refractivity contribution in [3.05, 3.63) is 21.7 Å². The van der Waals surface area contributed by atoms with Crippen molar-refractivity contribution in [1.82, 2.24) is 0 Å². The van der Waals surface area contributed by atoms with Crippen LogP contribution in [0.5, 0.6) is 11.5 Å². The lowest BCUT2D eigenvalue weighted by Gasteiger charge is -2.30. The maximum absolute atomic E-state index is 6.30. The highest BCUT2D eigenvalue weighted by molar-refractivity contribution is 9.10. The maximum atomic E-state index is 6.30. The highest BCUT2D eigenvalue weighted by Crippen LogP contribution is 2.49. The van der Waals surface area contributed by atoms with E-state index in [9.17, 15) is 0 Å². The molecule has 0 radical (unpaired) electrons. The number of hydrogen-bond donors (Lipinski definition) is 1. The second kappa shape index (κ2) is 4.74. The van der Waals surface area contributed by atoms with Crippen LogP contribution < -0.4 is 15.2 Å². The summed E-state index contributed by atoms with van der Waals surface area (Å²) in [6.07, 6.45) is 3.07. The largest absolute Gasteiger partial charge is 0.490 e. The van der Waals surface area contributed by atoms with Crippen molar-refractivity contribution >= 4 is 15.9 Å². The van der Waals surface area contributed by atoms with E-state index in [2.05, 4.69) is 22.9 Å². The zero-order chi connectivity index (χ0) is 12.7. The first-order valence-corrected chi connectivity index (χ1v) is 7.35. The molecule has 2 atom stereocenters. The van der Waals surface area contributed by atoms with E-state index in [1.54, 1.807) is 0 Å². The van der Waals surface area contributed by atoms with Crippen LogP contribution in [0.4, 0.5) is 0 Å². The number of fused-ring (bicyclic) bond motifs is 3. The molecule has 2 aliphatic rings. The summed E-state index contributed by atoms with van der Waals surface area (Å²) in [5, 5.41) is 0. The monoisotopic (exact) mass is 311 g/mol. The summed E-state index contributed by atoms with van der Waals surface area (Å²) >= 11 is 3.66. The molecule has 0 bridgehead atoms. The van der Waals surface area contributed by atoms with Gasteiger partial charge in [0.1, 0.15) is 0 Å². The van der Waals surface area contributed by atoms with Gasteiger partial charge in [-0.05, 0) is 30.4 Å². The van der Waals surface area contributed by atoms with Crippen molar-refractivity contribution in [3.8, 4) is 11.5 Å². The average molecular weight is 312 g/mol. The Balaban J connectivity index is 2.21. The summed E-state index contributed by atoms with van der Waals surface area (Å²) in [6, 6.07) is 2.10. The summed E-state index contributed by atoms with van der Waals surface area (Å²) in [5.41, 5.74) is 8.75. The summed E-state index contributed by atoms with van der Waals surface area (Å²) in [5.74, 6) is 2.23. The standard InChI is InChI=1S/C14H18BrNO2/c1-8-3-4-10(16)13-12(8)9(15)7-11-14(13)18-6-2-5-17-11/h7-8,10H,2-6,16H2,1H3. The highest BCUT2D eigenvalue weighted by Gasteiger charge is 2.31. The Morgan fingerprint density at radius 3 is 2.83 bits per heavy atom. The molecule has 2 N–H and O–H groups in total. The molecule has 2 unspecified atom stereocenters. The normalized spacial score (nSPS) is 26.4. The van der Waals surface area contributed by atoms with Gasteiger partial charge in [-0.15, -0.1) is 0 Å². The molecule has 18 heavy (non-hydrogen) atoms. The van der Waals surface area contributed by atoms with Gasteiger partial charge in [0.2, 0.25) is 0 Å². The lowest BCUT2D eigenvalue weighted by Crippen LogP contribution is -2.21. The van der Waals surface area contributed by atoms with Crippen LogP contribution in [-0.4, -0.2) is 13.2 Å². The van der Waals surface area contributed by atoms with Crippen LogP contribution in [0, 0.1) is 0 Å². The highest BCUT2D eigenvalue weighted by atomic mass is 79.9. The first-order valence-electron chi connectivity index (χ1n) is 6.56. The van der Waals surface area contributed by atoms with Gasteiger partial charge in [-0.1, -0.05) is 22.9 Å². The summed E-state index contributed by atoms with van der Waals surface area (Å²) in [6.45, 7) is 3.67. The number of halogens is 1. The van der Waals surface area contributed by atoms with Crippen LogP contribution in [0.25, 0.3) is 0 Å². The molecule has 1 aliphatic carbocycles. The van der Waals surface area contributed by atoms with Gasteiger partial charge in [-0.3, -0.25) is 0 Å². The van der Waals surface area contributed by atoms with Gasteiger partial charge in [0.05, 0.1) is 13.2 Å². The van der Waals surface area contributed by atoms with Gasteiger partial charge in [-0.25, -0.2) is 0 Å². The van der Waals surface area contributed by atoms with Gasteiger partial charge in [0, 0.05) is 22.5 Å². The molecule has 1 heterocycles. The van der Waals surface area contributed by atoms with E-state index in [0.29, 0.717) is 19.1 Å². The average Bonchev–Trinajstić information content (AvgIpc) is 2.58. The second-order valence-corrected chi connectivity index (χ2v) is 6.00. The van der Waals surface area contributed by atoms with Crippen LogP contribution >= 0.6 is 15.9 Å². The van der Waals surface area contributed by atoms with Crippen molar-refractivity contribution in [1.29, 1.82) is 0 Å². The Bertz CT molecular complexity index is 475. The summed E-state index contributed by atoms with van der Waals surface area (Å²) in [4.78, 5) is 0. The van der Waals surface area contributed by atoms with E-state index in [1.807, 2.05) is 6.07 Å². The number of ether oxygens (including phenoxy) is 2. The molecule has 1 aromatic rings. The minimum atomic E-state index is 0.0594. The maximum Gasteiger partial charge on any atom is 0.166 e. The number of benzene rings is 1. The van der Waals surface area contributed by atoms with E-state index in [1.165, 1.54) is 5.56 Å². The topological polar surface area (TPSA) is 44.5 Å². The molecule has 0 amide bonds. The molecule has 1 aliphatic heterocycles.